The second-order valence-corrected chi connectivity index (χ2v) is 5.68. The van der Waals surface area contributed by atoms with Gasteiger partial charge in [0.15, 0.2) is 5.78 Å². The molecule has 22 heavy (non-hydrogen) atoms. The van der Waals surface area contributed by atoms with E-state index in [-0.39, 0.29) is 24.8 Å². The van der Waals surface area contributed by atoms with Gasteiger partial charge in [0.2, 0.25) is 0 Å². The fourth-order valence-electron chi connectivity index (χ4n) is 2.46. The van der Waals surface area contributed by atoms with Gasteiger partial charge in [0.1, 0.15) is 5.41 Å². The minimum atomic E-state index is -0.880. The number of ether oxygens (including phenoxy) is 2. The van der Waals surface area contributed by atoms with Crippen molar-refractivity contribution in [3.63, 3.8) is 0 Å². The quantitative estimate of drug-likeness (QED) is 0.470. The van der Waals surface area contributed by atoms with E-state index < -0.39 is 5.41 Å². The summed E-state index contributed by atoms with van der Waals surface area (Å²) < 4.78 is 10.7. The average Bonchev–Trinajstić information content (AvgIpc) is 2.97. The van der Waals surface area contributed by atoms with Crippen LogP contribution in [0.25, 0.3) is 0 Å². The first-order chi connectivity index (χ1) is 10.6. The molecule has 1 aliphatic heterocycles. The molecule has 1 saturated heterocycles. The smallest absolute Gasteiger partial charge is 0.314 e. The molecule has 6 heteroatoms. The van der Waals surface area contributed by atoms with Crippen LogP contribution in [0.5, 0.6) is 0 Å². The lowest BCUT2D eigenvalue weighted by Crippen LogP contribution is -2.36. The molecule has 2 rings (SSSR count). The highest BCUT2D eigenvalue weighted by molar-refractivity contribution is 5.99. The highest BCUT2D eigenvalue weighted by atomic mass is 16.5. The average molecular weight is 306 g/mol. The predicted molar refractivity (Wildman–Crippen MR) is 81.3 cm³/mol. The van der Waals surface area contributed by atoms with E-state index in [2.05, 4.69) is 4.98 Å². The molecule has 0 aromatic carbocycles. The van der Waals surface area contributed by atoms with Gasteiger partial charge in [-0.3, -0.25) is 14.6 Å². The second-order valence-electron chi connectivity index (χ2n) is 5.68. The topological polar surface area (TPSA) is 91.5 Å². The summed E-state index contributed by atoms with van der Waals surface area (Å²) in [4.78, 5) is 28.7. The molecule has 1 aromatic heterocycles. The van der Waals surface area contributed by atoms with E-state index in [9.17, 15) is 9.59 Å². The van der Waals surface area contributed by atoms with Crippen LogP contribution in [0.1, 0.15) is 43.0 Å². The zero-order valence-electron chi connectivity index (χ0n) is 12.8. The third-order valence-electron chi connectivity index (χ3n) is 3.85. The molecule has 0 spiro atoms. The number of nitrogens with two attached hydrogens (primary N) is 1. The van der Waals surface area contributed by atoms with E-state index >= 15 is 0 Å². The van der Waals surface area contributed by atoms with Crippen molar-refractivity contribution < 1.29 is 19.1 Å². The number of aromatic nitrogens is 1. The molecule has 1 aliphatic rings. The Bertz CT molecular complexity index is 539. The van der Waals surface area contributed by atoms with Crippen LogP contribution in [0.4, 0.5) is 5.69 Å². The summed E-state index contributed by atoms with van der Waals surface area (Å²) in [5, 5.41) is 0. The molecular formula is C16H22N2O4. The van der Waals surface area contributed by atoms with Gasteiger partial charge in [0.05, 0.1) is 18.9 Å². The van der Waals surface area contributed by atoms with Crippen LogP contribution < -0.4 is 5.73 Å². The number of hydrogen-bond donors (Lipinski definition) is 1. The monoisotopic (exact) mass is 306 g/mol. The number of ketones is 1. The van der Waals surface area contributed by atoms with Gasteiger partial charge in [-0.25, -0.2) is 0 Å². The number of carbonyl (C=O) groups is 2. The number of nitrogens with zero attached hydrogens (tertiary/aromatic N) is 1. The molecular weight excluding hydrogens is 284 g/mol. The summed E-state index contributed by atoms with van der Waals surface area (Å²) in [7, 11) is 0. The molecule has 2 N–H and O–H groups in total. The number of hydrogen-bond acceptors (Lipinski definition) is 6. The van der Waals surface area contributed by atoms with Crippen molar-refractivity contribution in [3.05, 3.63) is 24.0 Å². The molecule has 0 saturated carbocycles. The lowest BCUT2D eigenvalue weighted by molar-refractivity contribution is -0.156. The second kappa shape index (κ2) is 7.35. The first-order valence-electron chi connectivity index (χ1n) is 7.56. The molecule has 0 unspecified atom stereocenters. The summed E-state index contributed by atoms with van der Waals surface area (Å²) in [5.74, 6) is -0.513. The Kier molecular flexibility index (Phi) is 5.49. The third kappa shape index (κ3) is 3.82. The normalized spacial score (nSPS) is 20.8. The fraction of sp³-hybridized carbons (Fsp3) is 0.562. The van der Waals surface area contributed by atoms with Gasteiger partial charge in [0, 0.05) is 31.0 Å². The Hall–Kier alpha value is -1.95. The number of esters is 1. The standard InChI is InChI=1S/C16H22N2O4/c1-2-3-5-22-15(20)16(4-6-21-11-16)8-14(19)12-7-13(17)10-18-9-12/h7,9-10H,2-6,8,11,17H2,1H3/t16-/m0/s1. The zero-order valence-corrected chi connectivity index (χ0v) is 12.8. The molecule has 0 aliphatic carbocycles. The van der Waals surface area contributed by atoms with Crippen LogP contribution in [0.2, 0.25) is 0 Å². The van der Waals surface area contributed by atoms with Crippen LogP contribution in [-0.4, -0.2) is 36.6 Å². The summed E-state index contributed by atoms with van der Waals surface area (Å²) in [6.45, 7) is 3.09. The lowest BCUT2D eigenvalue weighted by atomic mass is 9.81. The third-order valence-corrected chi connectivity index (χ3v) is 3.85. The first-order valence-corrected chi connectivity index (χ1v) is 7.56. The Labute approximate surface area is 130 Å². The summed E-state index contributed by atoms with van der Waals surface area (Å²) in [6.07, 6.45) is 5.26. The van der Waals surface area contributed by atoms with Gasteiger partial charge in [-0.2, -0.15) is 0 Å². The highest BCUT2D eigenvalue weighted by Crippen LogP contribution is 2.35. The lowest BCUT2D eigenvalue weighted by Gasteiger charge is -2.24. The number of pyridine rings is 1. The maximum atomic E-state index is 12.4. The Morgan fingerprint density at radius 2 is 2.27 bits per heavy atom. The van der Waals surface area contributed by atoms with Crippen molar-refractivity contribution in [1.82, 2.24) is 4.98 Å². The summed E-state index contributed by atoms with van der Waals surface area (Å²) >= 11 is 0. The molecule has 0 amide bonds. The Balaban J connectivity index is 2.07. The number of nitrogen functional groups attached to an aromatic ring is 1. The van der Waals surface area contributed by atoms with Crippen molar-refractivity contribution in [2.24, 2.45) is 5.41 Å². The van der Waals surface area contributed by atoms with E-state index in [0.717, 1.165) is 12.8 Å². The molecule has 1 aromatic rings. The number of unbranched alkanes of at least 4 members (excludes halogenated alkanes) is 1. The minimum absolute atomic E-state index is 0.0586. The fourth-order valence-corrected chi connectivity index (χ4v) is 2.46. The number of anilines is 1. The number of Topliss-reactive ketones (excluding diaryl/α,β-unsaturated/α-hetero) is 1. The van der Waals surface area contributed by atoms with E-state index in [1.54, 1.807) is 6.07 Å². The van der Waals surface area contributed by atoms with Crippen molar-refractivity contribution in [2.75, 3.05) is 25.6 Å². The van der Waals surface area contributed by atoms with E-state index in [0.29, 0.717) is 30.9 Å². The minimum Gasteiger partial charge on any atom is -0.465 e. The summed E-state index contributed by atoms with van der Waals surface area (Å²) in [5.41, 5.74) is 5.60. The maximum absolute atomic E-state index is 12.4. The van der Waals surface area contributed by atoms with E-state index in [4.69, 9.17) is 15.2 Å². The highest BCUT2D eigenvalue weighted by Gasteiger charge is 2.45. The summed E-state index contributed by atoms with van der Waals surface area (Å²) in [6, 6.07) is 1.57. The molecule has 120 valence electrons. The van der Waals surface area contributed by atoms with Crippen molar-refractivity contribution >= 4 is 17.4 Å². The van der Waals surface area contributed by atoms with Gasteiger partial charge in [-0.15, -0.1) is 0 Å². The van der Waals surface area contributed by atoms with Crippen molar-refractivity contribution in [1.29, 1.82) is 0 Å². The van der Waals surface area contributed by atoms with Crippen molar-refractivity contribution in [2.45, 2.75) is 32.6 Å². The van der Waals surface area contributed by atoms with Crippen LogP contribution in [0, 0.1) is 5.41 Å². The van der Waals surface area contributed by atoms with Crippen LogP contribution in [-0.2, 0) is 14.3 Å². The SMILES string of the molecule is CCCCOC(=O)[C@]1(CC(=O)c2cncc(N)c2)CCOC1. The van der Waals surface area contributed by atoms with Gasteiger partial charge >= 0.3 is 5.97 Å². The molecule has 1 atom stereocenters. The van der Waals surface area contributed by atoms with Crippen LogP contribution in [0.15, 0.2) is 18.5 Å². The van der Waals surface area contributed by atoms with Gasteiger partial charge in [-0.05, 0) is 18.9 Å². The maximum Gasteiger partial charge on any atom is 0.314 e. The number of rotatable bonds is 7. The van der Waals surface area contributed by atoms with Gasteiger partial charge in [0.25, 0.3) is 0 Å². The molecule has 2 heterocycles. The van der Waals surface area contributed by atoms with Crippen LogP contribution in [0.3, 0.4) is 0 Å². The van der Waals surface area contributed by atoms with Gasteiger partial charge < -0.3 is 15.2 Å². The molecule has 1 fully saturated rings. The van der Waals surface area contributed by atoms with E-state index in [1.807, 2.05) is 6.92 Å². The predicted octanol–water partition coefficient (Wildman–Crippen LogP) is 1.99. The Morgan fingerprint density at radius 1 is 1.45 bits per heavy atom. The first kappa shape index (κ1) is 16.4. The molecule has 0 radical (unpaired) electrons. The molecule has 0 bridgehead atoms. The largest absolute Gasteiger partial charge is 0.465 e. The van der Waals surface area contributed by atoms with E-state index in [1.165, 1.54) is 12.4 Å². The zero-order chi connectivity index (χ0) is 16.0. The molecule has 6 nitrogen and oxygen atoms in total. The van der Waals surface area contributed by atoms with Gasteiger partial charge in [-0.1, -0.05) is 13.3 Å². The number of carbonyl (C=O) groups excluding carboxylic acids is 2. The van der Waals surface area contributed by atoms with Crippen molar-refractivity contribution in [3.8, 4) is 0 Å². The van der Waals surface area contributed by atoms with Crippen LogP contribution >= 0.6 is 0 Å². The Morgan fingerprint density at radius 3 is 2.91 bits per heavy atom.